The highest BCUT2D eigenvalue weighted by Gasteiger charge is 2.40. The molecule has 3 rings (SSSR count). The molecule has 112 valence electrons. The van der Waals surface area contributed by atoms with Crippen molar-refractivity contribution < 1.29 is 9.47 Å². The van der Waals surface area contributed by atoms with Crippen molar-refractivity contribution in [2.24, 2.45) is 5.73 Å². The lowest BCUT2D eigenvalue weighted by Gasteiger charge is -2.42. The van der Waals surface area contributed by atoms with Crippen molar-refractivity contribution >= 4 is 10.8 Å². The third-order valence-electron chi connectivity index (χ3n) is 4.50. The predicted molar refractivity (Wildman–Crippen MR) is 85.3 cm³/mol. The largest absolute Gasteiger partial charge is 0.381 e. The zero-order chi connectivity index (χ0) is 14.7. The van der Waals surface area contributed by atoms with Crippen molar-refractivity contribution in [1.29, 1.82) is 0 Å². The average Bonchev–Trinajstić information content (AvgIpc) is 2.55. The zero-order valence-electron chi connectivity index (χ0n) is 12.5. The molecule has 1 saturated heterocycles. The van der Waals surface area contributed by atoms with Crippen molar-refractivity contribution in [3.05, 3.63) is 48.0 Å². The zero-order valence-corrected chi connectivity index (χ0v) is 12.5. The fourth-order valence-electron chi connectivity index (χ4n) is 3.35. The third kappa shape index (κ3) is 2.69. The third-order valence-corrected chi connectivity index (χ3v) is 4.50. The lowest BCUT2D eigenvalue weighted by molar-refractivity contribution is -0.121. The molecule has 0 saturated carbocycles. The molecule has 0 spiro atoms. The van der Waals surface area contributed by atoms with Gasteiger partial charge in [-0.05, 0) is 23.3 Å². The van der Waals surface area contributed by atoms with Crippen LogP contribution in [0, 0.1) is 0 Å². The fourth-order valence-corrected chi connectivity index (χ4v) is 3.35. The minimum atomic E-state index is -0.308. The molecule has 1 fully saturated rings. The van der Waals surface area contributed by atoms with Gasteiger partial charge in [-0.1, -0.05) is 42.5 Å². The first-order valence-corrected chi connectivity index (χ1v) is 7.72. The molecule has 1 aliphatic rings. The van der Waals surface area contributed by atoms with Crippen molar-refractivity contribution in [2.75, 3.05) is 19.8 Å². The summed E-state index contributed by atoms with van der Waals surface area (Å²) in [5.74, 6) is 0. The summed E-state index contributed by atoms with van der Waals surface area (Å²) in [6.07, 6.45) is 1.70. The monoisotopic (exact) mass is 285 g/mol. The number of benzene rings is 2. The van der Waals surface area contributed by atoms with Gasteiger partial charge >= 0.3 is 0 Å². The van der Waals surface area contributed by atoms with Crippen LogP contribution in [0.1, 0.15) is 31.4 Å². The van der Waals surface area contributed by atoms with Crippen LogP contribution >= 0.6 is 0 Å². The highest BCUT2D eigenvalue weighted by Crippen LogP contribution is 2.38. The highest BCUT2D eigenvalue weighted by molar-refractivity contribution is 5.86. The van der Waals surface area contributed by atoms with Crippen molar-refractivity contribution in [3.63, 3.8) is 0 Å². The van der Waals surface area contributed by atoms with Crippen LogP contribution in [0.25, 0.3) is 10.8 Å². The Hall–Kier alpha value is -1.42. The van der Waals surface area contributed by atoms with Crippen LogP contribution in [-0.4, -0.2) is 25.4 Å². The maximum atomic E-state index is 6.68. The van der Waals surface area contributed by atoms with Crippen LogP contribution in [0.15, 0.2) is 42.5 Å². The molecule has 1 atom stereocenters. The molecular formula is C18H23NO2. The lowest BCUT2D eigenvalue weighted by Crippen LogP contribution is -2.48. The minimum absolute atomic E-state index is 0.132. The smallest absolute Gasteiger partial charge is 0.0917 e. The van der Waals surface area contributed by atoms with Gasteiger partial charge in [0.25, 0.3) is 0 Å². The van der Waals surface area contributed by atoms with Crippen LogP contribution < -0.4 is 5.73 Å². The first kappa shape index (κ1) is 14.5. The Morgan fingerprint density at radius 3 is 2.62 bits per heavy atom. The molecule has 1 heterocycles. The maximum absolute atomic E-state index is 6.68. The SMILES string of the molecule is CCOC1(C(N)c2cccc3ccccc23)CCOCC1. The average molecular weight is 285 g/mol. The van der Waals surface area contributed by atoms with Gasteiger partial charge in [-0.2, -0.15) is 0 Å². The number of nitrogens with two attached hydrogens (primary N) is 1. The van der Waals surface area contributed by atoms with Crippen LogP contribution in [0.3, 0.4) is 0 Å². The van der Waals surface area contributed by atoms with E-state index in [-0.39, 0.29) is 11.6 Å². The lowest BCUT2D eigenvalue weighted by atomic mass is 9.81. The summed E-state index contributed by atoms with van der Waals surface area (Å²) in [6.45, 7) is 4.16. The van der Waals surface area contributed by atoms with Crippen LogP contribution in [-0.2, 0) is 9.47 Å². The molecule has 0 aromatic heterocycles. The quantitative estimate of drug-likeness (QED) is 0.936. The molecule has 2 aromatic rings. The Kier molecular flexibility index (Phi) is 4.24. The summed E-state index contributed by atoms with van der Waals surface area (Å²) < 4.78 is 11.6. The first-order chi connectivity index (χ1) is 10.3. The first-order valence-electron chi connectivity index (χ1n) is 7.72. The van der Waals surface area contributed by atoms with Crippen LogP contribution in [0.2, 0.25) is 0 Å². The summed E-state index contributed by atoms with van der Waals surface area (Å²) in [4.78, 5) is 0. The molecule has 0 aliphatic carbocycles. The summed E-state index contributed by atoms with van der Waals surface area (Å²) in [7, 11) is 0. The number of hydrogen-bond acceptors (Lipinski definition) is 3. The van der Waals surface area contributed by atoms with Gasteiger partial charge in [0.05, 0.1) is 11.6 Å². The molecule has 1 aliphatic heterocycles. The van der Waals surface area contributed by atoms with Crippen molar-refractivity contribution in [2.45, 2.75) is 31.4 Å². The second kappa shape index (κ2) is 6.14. The van der Waals surface area contributed by atoms with Crippen molar-refractivity contribution in [1.82, 2.24) is 0 Å². The second-order valence-corrected chi connectivity index (χ2v) is 5.66. The van der Waals surface area contributed by atoms with Crippen molar-refractivity contribution in [3.8, 4) is 0 Å². The molecular weight excluding hydrogens is 262 g/mol. The molecule has 0 radical (unpaired) electrons. The van der Waals surface area contributed by atoms with Gasteiger partial charge in [-0.25, -0.2) is 0 Å². The molecule has 3 nitrogen and oxygen atoms in total. The summed E-state index contributed by atoms with van der Waals surface area (Å²) >= 11 is 0. The standard InChI is InChI=1S/C18H23NO2/c1-2-21-18(10-12-20-13-11-18)17(19)16-9-5-7-14-6-3-4-8-15(14)16/h3-9,17H,2,10-13,19H2,1H3. The normalized spacial score (nSPS) is 19.5. The van der Waals surface area contributed by atoms with Gasteiger partial charge in [-0.15, -0.1) is 0 Å². The highest BCUT2D eigenvalue weighted by atomic mass is 16.5. The molecule has 0 amide bonds. The van der Waals surface area contributed by atoms with E-state index in [0.29, 0.717) is 6.61 Å². The van der Waals surface area contributed by atoms with Gasteiger partial charge in [0.1, 0.15) is 0 Å². The van der Waals surface area contributed by atoms with E-state index in [4.69, 9.17) is 15.2 Å². The molecule has 3 heteroatoms. The van der Waals surface area contributed by atoms with E-state index in [1.165, 1.54) is 16.3 Å². The van der Waals surface area contributed by atoms with Gasteiger partial charge in [0, 0.05) is 32.7 Å². The minimum Gasteiger partial charge on any atom is -0.381 e. The van der Waals surface area contributed by atoms with E-state index >= 15 is 0 Å². The molecule has 2 N–H and O–H groups in total. The summed E-state index contributed by atoms with van der Waals surface area (Å²) in [5, 5.41) is 2.45. The van der Waals surface area contributed by atoms with E-state index in [0.717, 1.165) is 26.1 Å². The Labute approximate surface area is 126 Å². The topological polar surface area (TPSA) is 44.5 Å². The second-order valence-electron chi connectivity index (χ2n) is 5.66. The van der Waals surface area contributed by atoms with E-state index < -0.39 is 0 Å². The Balaban J connectivity index is 2.03. The van der Waals surface area contributed by atoms with Crippen LogP contribution in [0.4, 0.5) is 0 Å². The number of rotatable bonds is 4. The Bertz CT molecular complexity index is 594. The number of hydrogen-bond donors (Lipinski definition) is 1. The van der Waals surface area contributed by atoms with Gasteiger partial charge in [-0.3, -0.25) is 0 Å². The molecule has 2 aromatic carbocycles. The fraction of sp³-hybridized carbons (Fsp3) is 0.444. The van der Waals surface area contributed by atoms with Gasteiger partial charge < -0.3 is 15.2 Å². The van der Waals surface area contributed by atoms with E-state index in [2.05, 4.69) is 42.5 Å². The summed E-state index contributed by atoms with van der Waals surface area (Å²) in [5.41, 5.74) is 7.54. The Morgan fingerprint density at radius 2 is 1.86 bits per heavy atom. The molecule has 1 unspecified atom stereocenters. The molecule has 0 bridgehead atoms. The van der Waals surface area contributed by atoms with Gasteiger partial charge in [0.2, 0.25) is 0 Å². The maximum Gasteiger partial charge on any atom is 0.0917 e. The van der Waals surface area contributed by atoms with Gasteiger partial charge in [0.15, 0.2) is 0 Å². The predicted octanol–water partition coefficient (Wildman–Crippen LogP) is 3.43. The molecule has 21 heavy (non-hydrogen) atoms. The Morgan fingerprint density at radius 1 is 1.14 bits per heavy atom. The van der Waals surface area contributed by atoms with E-state index in [1.54, 1.807) is 0 Å². The summed E-state index contributed by atoms with van der Waals surface area (Å²) in [6, 6.07) is 14.6. The van der Waals surface area contributed by atoms with E-state index in [9.17, 15) is 0 Å². The number of fused-ring (bicyclic) bond motifs is 1. The van der Waals surface area contributed by atoms with Crippen LogP contribution in [0.5, 0.6) is 0 Å². The van der Waals surface area contributed by atoms with E-state index in [1.807, 2.05) is 6.92 Å². The number of ether oxygens (including phenoxy) is 2.